The molecular formula is C14H17BrN2O2. The smallest absolute Gasteiger partial charge is 0.160 e. The van der Waals surface area contributed by atoms with Gasteiger partial charge in [0.2, 0.25) is 0 Å². The van der Waals surface area contributed by atoms with E-state index in [1.54, 1.807) is 14.2 Å². The molecule has 1 heterocycles. The van der Waals surface area contributed by atoms with Gasteiger partial charge in [-0.05, 0) is 40.5 Å². The van der Waals surface area contributed by atoms with Crippen molar-refractivity contribution in [2.75, 3.05) is 14.2 Å². The lowest BCUT2D eigenvalue weighted by atomic mass is 10.1. The van der Waals surface area contributed by atoms with E-state index in [-0.39, 0.29) is 0 Å². The van der Waals surface area contributed by atoms with Gasteiger partial charge in [-0.15, -0.1) is 0 Å². The van der Waals surface area contributed by atoms with Gasteiger partial charge >= 0.3 is 0 Å². The first-order valence-electron chi connectivity index (χ1n) is 5.95. The number of rotatable bonds is 4. The average Bonchev–Trinajstić information content (AvgIpc) is 2.65. The zero-order valence-corrected chi connectivity index (χ0v) is 13.1. The van der Waals surface area contributed by atoms with E-state index >= 15 is 0 Å². The maximum atomic E-state index is 5.32. The first-order chi connectivity index (χ1) is 9.06. The lowest BCUT2D eigenvalue weighted by molar-refractivity contribution is 0.354. The third-order valence-electron chi connectivity index (χ3n) is 3.21. The van der Waals surface area contributed by atoms with Gasteiger partial charge < -0.3 is 14.0 Å². The molecule has 0 N–H and O–H groups in total. The molecule has 19 heavy (non-hydrogen) atoms. The highest BCUT2D eigenvalue weighted by Gasteiger charge is 2.12. The molecule has 0 bridgehead atoms. The molecule has 0 fully saturated rings. The molecule has 0 radical (unpaired) electrons. The van der Waals surface area contributed by atoms with Crippen LogP contribution >= 0.6 is 15.9 Å². The molecule has 5 heteroatoms. The Balaban J connectivity index is 2.33. The number of nitrogens with zero attached hydrogens (tertiary/aromatic N) is 2. The molecule has 0 unspecified atom stereocenters. The highest BCUT2D eigenvalue weighted by molar-refractivity contribution is 9.10. The quantitative estimate of drug-likeness (QED) is 0.867. The normalized spacial score (nSPS) is 10.6. The number of methoxy groups -OCH3 is 2. The van der Waals surface area contributed by atoms with Crippen LogP contribution in [0.1, 0.15) is 17.1 Å². The van der Waals surface area contributed by atoms with Gasteiger partial charge in [0, 0.05) is 13.5 Å². The summed E-state index contributed by atoms with van der Waals surface area (Å²) in [5.41, 5.74) is 2.30. The zero-order chi connectivity index (χ0) is 14.0. The standard InChI is InChI=1S/C14H17BrN2O2/c1-9-16-14(15)11(17(9)2)7-10-5-6-12(18-3)13(8-10)19-4/h5-6,8H,7H2,1-4H3. The van der Waals surface area contributed by atoms with Crippen LogP contribution in [0.2, 0.25) is 0 Å². The molecule has 1 aromatic carbocycles. The molecule has 4 nitrogen and oxygen atoms in total. The topological polar surface area (TPSA) is 36.3 Å². The summed E-state index contributed by atoms with van der Waals surface area (Å²) in [7, 11) is 5.30. The van der Waals surface area contributed by atoms with Gasteiger partial charge in [-0.2, -0.15) is 0 Å². The third kappa shape index (κ3) is 2.76. The summed E-state index contributed by atoms with van der Waals surface area (Å²) in [6.07, 6.45) is 0.790. The summed E-state index contributed by atoms with van der Waals surface area (Å²) < 4.78 is 13.5. The maximum Gasteiger partial charge on any atom is 0.160 e. The Morgan fingerprint density at radius 1 is 1.21 bits per heavy atom. The van der Waals surface area contributed by atoms with Crippen molar-refractivity contribution in [3.8, 4) is 11.5 Å². The van der Waals surface area contributed by atoms with Gasteiger partial charge in [0.05, 0.1) is 19.9 Å². The Morgan fingerprint density at radius 2 is 1.89 bits per heavy atom. The van der Waals surface area contributed by atoms with Crippen LogP contribution < -0.4 is 9.47 Å². The van der Waals surface area contributed by atoms with Crippen LogP contribution in [0, 0.1) is 6.92 Å². The van der Waals surface area contributed by atoms with E-state index < -0.39 is 0 Å². The van der Waals surface area contributed by atoms with Crippen molar-refractivity contribution in [2.24, 2.45) is 7.05 Å². The van der Waals surface area contributed by atoms with Crippen LogP contribution in [0.3, 0.4) is 0 Å². The first kappa shape index (κ1) is 13.9. The van der Waals surface area contributed by atoms with Gasteiger partial charge in [-0.25, -0.2) is 4.98 Å². The minimum absolute atomic E-state index is 0.742. The average molecular weight is 325 g/mol. The molecule has 1 aromatic heterocycles. The second-order valence-corrected chi connectivity index (χ2v) is 5.07. The number of imidazole rings is 1. The van der Waals surface area contributed by atoms with E-state index in [9.17, 15) is 0 Å². The van der Waals surface area contributed by atoms with Crippen molar-refractivity contribution in [3.05, 3.63) is 39.9 Å². The van der Waals surface area contributed by atoms with Gasteiger partial charge in [0.1, 0.15) is 10.4 Å². The molecule has 0 aliphatic carbocycles. The van der Waals surface area contributed by atoms with Gasteiger partial charge in [-0.1, -0.05) is 6.07 Å². The van der Waals surface area contributed by atoms with Crippen molar-refractivity contribution in [1.29, 1.82) is 0 Å². The molecule has 0 atom stereocenters. The first-order valence-corrected chi connectivity index (χ1v) is 6.74. The summed E-state index contributed by atoms with van der Waals surface area (Å²) in [5.74, 6) is 2.48. The van der Waals surface area contributed by atoms with Crippen LogP contribution in [0.4, 0.5) is 0 Å². The van der Waals surface area contributed by atoms with Crippen molar-refractivity contribution >= 4 is 15.9 Å². The summed E-state index contributed by atoms with van der Waals surface area (Å²) >= 11 is 3.50. The summed E-state index contributed by atoms with van der Waals surface area (Å²) in [5, 5.41) is 0. The van der Waals surface area contributed by atoms with Gasteiger partial charge in [-0.3, -0.25) is 0 Å². The van der Waals surface area contributed by atoms with E-state index in [0.29, 0.717) is 0 Å². The van der Waals surface area contributed by atoms with E-state index in [0.717, 1.165) is 39.6 Å². The van der Waals surface area contributed by atoms with Crippen molar-refractivity contribution in [3.63, 3.8) is 0 Å². The molecule has 2 rings (SSSR count). The minimum atomic E-state index is 0.742. The maximum absolute atomic E-state index is 5.32. The third-order valence-corrected chi connectivity index (χ3v) is 3.84. The molecule has 0 saturated heterocycles. The van der Waals surface area contributed by atoms with E-state index in [4.69, 9.17) is 9.47 Å². The predicted molar refractivity (Wildman–Crippen MR) is 78.0 cm³/mol. The molecule has 0 amide bonds. The molecular weight excluding hydrogens is 308 g/mol. The lowest BCUT2D eigenvalue weighted by Crippen LogP contribution is -2.00. The van der Waals surface area contributed by atoms with Gasteiger partial charge in [0.25, 0.3) is 0 Å². The Morgan fingerprint density at radius 3 is 2.42 bits per heavy atom. The largest absolute Gasteiger partial charge is 0.493 e. The summed E-state index contributed by atoms with van der Waals surface area (Å²) in [4.78, 5) is 4.41. The second kappa shape index (κ2) is 5.65. The number of aromatic nitrogens is 2. The Bertz CT molecular complexity index is 593. The van der Waals surface area contributed by atoms with E-state index in [2.05, 4.69) is 25.5 Å². The number of ether oxygens (including phenoxy) is 2. The predicted octanol–water partition coefficient (Wildman–Crippen LogP) is 3.10. The van der Waals surface area contributed by atoms with Crippen LogP contribution in [0.15, 0.2) is 22.8 Å². The number of hydrogen-bond acceptors (Lipinski definition) is 3. The summed E-state index contributed by atoms with van der Waals surface area (Å²) in [6, 6.07) is 5.95. The lowest BCUT2D eigenvalue weighted by Gasteiger charge is -2.10. The minimum Gasteiger partial charge on any atom is -0.493 e. The SMILES string of the molecule is COc1ccc(Cc2c(Br)nc(C)n2C)cc1OC. The highest BCUT2D eigenvalue weighted by Crippen LogP contribution is 2.29. The monoisotopic (exact) mass is 324 g/mol. The van der Waals surface area contributed by atoms with Crippen LogP contribution in [-0.2, 0) is 13.5 Å². The van der Waals surface area contributed by atoms with Crippen LogP contribution in [0.25, 0.3) is 0 Å². The fourth-order valence-electron chi connectivity index (χ4n) is 1.99. The number of hydrogen-bond donors (Lipinski definition) is 0. The number of benzene rings is 1. The Labute approximate surface area is 121 Å². The van der Waals surface area contributed by atoms with Crippen LogP contribution in [-0.4, -0.2) is 23.8 Å². The molecule has 0 saturated carbocycles. The second-order valence-electron chi connectivity index (χ2n) is 4.32. The summed E-state index contributed by atoms with van der Waals surface area (Å²) in [6.45, 7) is 1.99. The molecule has 0 aliphatic rings. The molecule has 0 spiro atoms. The van der Waals surface area contributed by atoms with Crippen LogP contribution in [0.5, 0.6) is 11.5 Å². The Kier molecular flexibility index (Phi) is 4.14. The fraction of sp³-hybridized carbons (Fsp3) is 0.357. The van der Waals surface area contributed by atoms with Crippen molar-refractivity contribution < 1.29 is 9.47 Å². The number of aryl methyl sites for hydroxylation is 1. The Hall–Kier alpha value is -1.49. The number of halogens is 1. The van der Waals surface area contributed by atoms with Crippen molar-refractivity contribution in [1.82, 2.24) is 9.55 Å². The fourth-order valence-corrected chi connectivity index (χ4v) is 2.65. The molecule has 2 aromatic rings. The molecule has 0 aliphatic heterocycles. The van der Waals surface area contributed by atoms with E-state index in [1.807, 2.05) is 32.2 Å². The van der Waals surface area contributed by atoms with Gasteiger partial charge in [0.15, 0.2) is 11.5 Å². The molecule has 102 valence electrons. The highest BCUT2D eigenvalue weighted by atomic mass is 79.9. The van der Waals surface area contributed by atoms with E-state index in [1.165, 1.54) is 0 Å². The van der Waals surface area contributed by atoms with Crippen molar-refractivity contribution in [2.45, 2.75) is 13.3 Å². The zero-order valence-electron chi connectivity index (χ0n) is 11.5.